The van der Waals surface area contributed by atoms with Gasteiger partial charge in [0, 0.05) is 43.9 Å². The number of fused-ring (bicyclic) bond motifs is 1. The second-order valence-corrected chi connectivity index (χ2v) is 11.8. The molecule has 2 aliphatic heterocycles. The summed E-state index contributed by atoms with van der Waals surface area (Å²) in [5.41, 5.74) is 1.16. The number of halogens is 3. The fourth-order valence-electron chi connectivity index (χ4n) is 5.67. The molecule has 2 saturated heterocycles. The molecule has 1 saturated carbocycles. The van der Waals surface area contributed by atoms with E-state index in [2.05, 4.69) is 23.7 Å². The molecule has 1 aliphatic carbocycles. The minimum Gasteiger partial charge on any atom is -0.490 e. The highest BCUT2D eigenvalue weighted by Crippen LogP contribution is 2.36. The van der Waals surface area contributed by atoms with Gasteiger partial charge < -0.3 is 19.1 Å². The van der Waals surface area contributed by atoms with Gasteiger partial charge in [-0.2, -0.15) is 0 Å². The molecule has 0 bridgehead atoms. The lowest BCUT2D eigenvalue weighted by Crippen LogP contribution is -2.43. The topological polar surface area (TPSA) is 50.6 Å². The van der Waals surface area contributed by atoms with E-state index in [1.165, 1.54) is 25.9 Å². The standard InChI is InChI=1S/C28H39ClF2N4O2/c1-19(2)33-11-7-20(8-12-33)4-3-15-37-24-17-22-16-23(27(36)34-13-9-28(30,31)10-14-34)35(18-21-5-6-21)26(22)32-25(24)29/h16-17,19-21H,3-15,18H2,1-2H3. The van der Waals surface area contributed by atoms with Gasteiger partial charge in [-0.05, 0) is 89.4 Å². The summed E-state index contributed by atoms with van der Waals surface area (Å²) in [7, 11) is 0. The number of piperidine rings is 2. The molecule has 4 heterocycles. The minimum atomic E-state index is -2.69. The molecule has 0 N–H and O–H groups in total. The molecule has 0 radical (unpaired) electrons. The van der Waals surface area contributed by atoms with E-state index in [1.54, 1.807) is 4.90 Å². The number of hydrogen-bond donors (Lipinski definition) is 0. The summed E-state index contributed by atoms with van der Waals surface area (Å²) < 4.78 is 35.3. The van der Waals surface area contributed by atoms with Crippen LogP contribution in [0.15, 0.2) is 12.1 Å². The van der Waals surface area contributed by atoms with Gasteiger partial charge in [-0.15, -0.1) is 0 Å². The van der Waals surface area contributed by atoms with Gasteiger partial charge in [0.05, 0.1) is 6.61 Å². The van der Waals surface area contributed by atoms with Gasteiger partial charge in [0.2, 0.25) is 0 Å². The molecule has 37 heavy (non-hydrogen) atoms. The van der Waals surface area contributed by atoms with Gasteiger partial charge >= 0.3 is 0 Å². The van der Waals surface area contributed by atoms with Crippen LogP contribution in [0.2, 0.25) is 5.15 Å². The first-order chi connectivity index (χ1) is 17.7. The number of amides is 1. The van der Waals surface area contributed by atoms with E-state index in [-0.39, 0.29) is 31.8 Å². The fraction of sp³-hybridized carbons (Fsp3) is 0.714. The maximum absolute atomic E-state index is 13.7. The Hall–Kier alpha value is -1.93. The zero-order chi connectivity index (χ0) is 26.2. The van der Waals surface area contributed by atoms with Crippen LogP contribution in [0.4, 0.5) is 8.78 Å². The van der Waals surface area contributed by atoms with Crippen LogP contribution in [-0.4, -0.2) is 70.0 Å². The smallest absolute Gasteiger partial charge is 0.270 e. The molecule has 0 aromatic carbocycles. The second-order valence-electron chi connectivity index (χ2n) is 11.5. The molecule has 1 amide bonds. The number of ether oxygens (including phenoxy) is 1. The van der Waals surface area contributed by atoms with Crippen LogP contribution in [0.1, 0.15) is 75.7 Å². The average molecular weight is 537 g/mol. The Labute approximate surface area is 223 Å². The Bertz CT molecular complexity index is 1100. The number of carbonyl (C=O) groups excluding carboxylic acids is 1. The van der Waals surface area contributed by atoms with Crippen LogP contribution >= 0.6 is 11.6 Å². The average Bonchev–Trinajstić information content (AvgIpc) is 3.63. The number of aromatic nitrogens is 2. The Balaban J connectivity index is 1.24. The van der Waals surface area contributed by atoms with Gasteiger partial charge in [-0.3, -0.25) is 4.79 Å². The van der Waals surface area contributed by atoms with Gasteiger partial charge in [0.15, 0.2) is 10.9 Å². The third-order valence-corrected chi connectivity index (χ3v) is 8.59. The maximum Gasteiger partial charge on any atom is 0.270 e. The van der Waals surface area contributed by atoms with E-state index >= 15 is 0 Å². The predicted octanol–water partition coefficient (Wildman–Crippen LogP) is 6.25. The molecule has 0 unspecified atom stereocenters. The van der Waals surface area contributed by atoms with Gasteiger partial charge in [0.1, 0.15) is 11.3 Å². The van der Waals surface area contributed by atoms with Crippen molar-refractivity contribution in [2.24, 2.45) is 11.8 Å². The highest BCUT2D eigenvalue weighted by molar-refractivity contribution is 6.31. The molecule has 5 rings (SSSR count). The molecule has 0 atom stereocenters. The van der Waals surface area contributed by atoms with Crippen LogP contribution in [0.5, 0.6) is 5.75 Å². The van der Waals surface area contributed by atoms with Gasteiger partial charge in [0.25, 0.3) is 11.8 Å². The van der Waals surface area contributed by atoms with Crippen molar-refractivity contribution >= 4 is 28.5 Å². The monoisotopic (exact) mass is 536 g/mol. The zero-order valence-corrected chi connectivity index (χ0v) is 22.8. The lowest BCUT2D eigenvalue weighted by molar-refractivity contribution is -0.0495. The summed E-state index contributed by atoms with van der Waals surface area (Å²) >= 11 is 6.54. The molecular weight excluding hydrogens is 498 g/mol. The quantitative estimate of drug-likeness (QED) is 0.281. The van der Waals surface area contributed by atoms with Crippen molar-refractivity contribution in [2.45, 2.75) is 83.7 Å². The number of hydrogen-bond acceptors (Lipinski definition) is 4. The first-order valence-corrected chi connectivity index (χ1v) is 14.3. The van der Waals surface area contributed by atoms with Crippen LogP contribution in [0, 0.1) is 11.8 Å². The van der Waals surface area contributed by atoms with Crippen molar-refractivity contribution < 1.29 is 18.3 Å². The molecule has 0 spiro atoms. The van der Waals surface area contributed by atoms with E-state index in [9.17, 15) is 13.6 Å². The van der Waals surface area contributed by atoms with E-state index in [0.717, 1.165) is 37.0 Å². The highest BCUT2D eigenvalue weighted by atomic mass is 35.5. The number of likely N-dealkylation sites (tertiary alicyclic amines) is 2. The third-order valence-electron chi connectivity index (χ3n) is 8.32. The first-order valence-electron chi connectivity index (χ1n) is 13.9. The number of alkyl halides is 2. The van der Waals surface area contributed by atoms with Crippen molar-refractivity contribution in [3.63, 3.8) is 0 Å². The Morgan fingerprint density at radius 1 is 1.11 bits per heavy atom. The molecule has 2 aromatic heterocycles. The second kappa shape index (κ2) is 11.0. The van der Waals surface area contributed by atoms with Crippen molar-refractivity contribution in [1.82, 2.24) is 19.4 Å². The Kier molecular flexibility index (Phi) is 7.96. The van der Waals surface area contributed by atoms with E-state index in [1.807, 2.05) is 16.7 Å². The van der Waals surface area contributed by atoms with E-state index in [4.69, 9.17) is 16.3 Å². The number of carbonyl (C=O) groups is 1. The van der Waals surface area contributed by atoms with E-state index in [0.29, 0.717) is 47.4 Å². The predicted molar refractivity (Wildman–Crippen MR) is 142 cm³/mol. The molecule has 2 aromatic rings. The van der Waals surface area contributed by atoms with Gasteiger partial charge in [-0.25, -0.2) is 13.8 Å². The van der Waals surface area contributed by atoms with Crippen molar-refractivity contribution in [3.8, 4) is 5.75 Å². The summed E-state index contributed by atoms with van der Waals surface area (Å²) in [5.74, 6) is -1.11. The zero-order valence-electron chi connectivity index (χ0n) is 22.0. The normalized spacial score (nSPS) is 21.2. The van der Waals surface area contributed by atoms with Crippen molar-refractivity contribution in [3.05, 3.63) is 23.0 Å². The molecule has 3 aliphatic rings. The summed E-state index contributed by atoms with van der Waals surface area (Å²) in [6, 6.07) is 4.32. The summed E-state index contributed by atoms with van der Waals surface area (Å²) in [6.45, 7) is 8.27. The summed E-state index contributed by atoms with van der Waals surface area (Å²) in [6.07, 6.45) is 6.25. The van der Waals surface area contributed by atoms with E-state index < -0.39 is 5.92 Å². The minimum absolute atomic E-state index is 0.0653. The Morgan fingerprint density at radius 3 is 2.46 bits per heavy atom. The first kappa shape index (κ1) is 26.7. The molecule has 6 nitrogen and oxygen atoms in total. The lowest BCUT2D eigenvalue weighted by Gasteiger charge is -2.34. The maximum atomic E-state index is 13.7. The Morgan fingerprint density at radius 2 is 1.81 bits per heavy atom. The highest BCUT2D eigenvalue weighted by Gasteiger charge is 2.37. The third kappa shape index (κ3) is 6.39. The molecule has 3 fully saturated rings. The van der Waals surface area contributed by atoms with Crippen LogP contribution in [-0.2, 0) is 6.54 Å². The van der Waals surface area contributed by atoms with Crippen LogP contribution < -0.4 is 4.74 Å². The largest absolute Gasteiger partial charge is 0.490 e. The number of nitrogens with zero attached hydrogens (tertiary/aromatic N) is 4. The summed E-state index contributed by atoms with van der Waals surface area (Å²) in [5, 5.41) is 1.09. The lowest BCUT2D eigenvalue weighted by atomic mass is 9.92. The number of rotatable bonds is 9. The van der Waals surface area contributed by atoms with Gasteiger partial charge in [-0.1, -0.05) is 11.6 Å². The molecular formula is C28H39ClF2N4O2. The fourth-order valence-corrected chi connectivity index (χ4v) is 5.86. The molecule has 204 valence electrons. The van der Waals surface area contributed by atoms with Crippen LogP contribution in [0.25, 0.3) is 11.0 Å². The SMILES string of the molecule is CC(C)N1CCC(CCCOc2cc3cc(C(=O)N4CCC(F)(F)CC4)n(CC4CC4)c3nc2Cl)CC1. The van der Waals surface area contributed by atoms with Crippen molar-refractivity contribution in [1.29, 1.82) is 0 Å². The van der Waals surface area contributed by atoms with Crippen molar-refractivity contribution in [2.75, 3.05) is 32.8 Å². The summed E-state index contributed by atoms with van der Waals surface area (Å²) in [4.78, 5) is 22.1. The van der Waals surface area contributed by atoms with Crippen LogP contribution in [0.3, 0.4) is 0 Å². The molecule has 9 heteroatoms. The number of pyridine rings is 1.